The quantitative estimate of drug-likeness (QED) is 0.651. The average molecular weight is 457 g/mol. The number of carbonyl (C=O) groups excluding carboxylic acids is 3. The zero-order valence-corrected chi connectivity index (χ0v) is 21.1. The highest BCUT2D eigenvalue weighted by Gasteiger charge is 2.43. The molecule has 1 aromatic rings. The van der Waals surface area contributed by atoms with Gasteiger partial charge in [0, 0.05) is 22.9 Å². The number of aryl methyl sites for hydroxylation is 1. The maximum atomic E-state index is 13.7. The Hall–Kier alpha value is -2.96. The molecule has 7 nitrogen and oxygen atoms in total. The summed E-state index contributed by atoms with van der Waals surface area (Å²) in [7, 11) is 1.33. The minimum Gasteiger partial charge on any atom is -0.468 e. The first-order chi connectivity index (χ1) is 15.3. The number of hydrogen-bond donors (Lipinski definition) is 1. The van der Waals surface area contributed by atoms with E-state index >= 15 is 0 Å². The molecule has 0 spiro atoms. The summed E-state index contributed by atoms with van der Waals surface area (Å²) in [5.41, 5.74) is 2.53. The van der Waals surface area contributed by atoms with Gasteiger partial charge in [-0.3, -0.25) is 14.6 Å². The number of allylic oxidation sites excluding steroid dienone is 1. The molecule has 0 aliphatic carbocycles. The number of methoxy groups -OCH3 is 1. The van der Waals surface area contributed by atoms with Crippen LogP contribution >= 0.6 is 0 Å². The molecule has 0 radical (unpaired) electrons. The smallest absolute Gasteiger partial charge is 0.329 e. The molecular weight excluding hydrogens is 420 g/mol. The Morgan fingerprint density at radius 3 is 2.18 bits per heavy atom. The highest BCUT2D eigenvalue weighted by atomic mass is 16.6. The van der Waals surface area contributed by atoms with E-state index in [-0.39, 0.29) is 5.92 Å². The Kier molecular flexibility index (Phi) is 8.22. The van der Waals surface area contributed by atoms with Crippen LogP contribution in [0.1, 0.15) is 65.5 Å². The third-order valence-corrected chi connectivity index (χ3v) is 5.67. The molecule has 180 valence electrons. The van der Waals surface area contributed by atoms with Gasteiger partial charge in [0.05, 0.1) is 7.11 Å². The lowest BCUT2D eigenvalue weighted by atomic mass is 9.74. The first-order valence-electron chi connectivity index (χ1n) is 11.2. The van der Waals surface area contributed by atoms with Gasteiger partial charge in [0.15, 0.2) is 0 Å². The van der Waals surface area contributed by atoms with E-state index in [4.69, 9.17) is 9.47 Å². The lowest BCUT2D eigenvalue weighted by Crippen LogP contribution is -2.49. The van der Waals surface area contributed by atoms with Gasteiger partial charge in [0.25, 0.3) is 0 Å². The highest BCUT2D eigenvalue weighted by molar-refractivity contribution is 6.08. The van der Waals surface area contributed by atoms with Gasteiger partial charge in [0.1, 0.15) is 17.6 Å². The molecule has 1 aromatic carbocycles. The predicted molar refractivity (Wildman–Crippen MR) is 128 cm³/mol. The number of ether oxygens (including phenoxy) is 2. The second-order valence-electron chi connectivity index (χ2n) is 9.82. The Morgan fingerprint density at radius 2 is 1.67 bits per heavy atom. The topological polar surface area (TPSA) is 94.1 Å². The van der Waals surface area contributed by atoms with Gasteiger partial charge in [-0.05, 0) is 58.6 Å². The van der Waals surface area contributed by atoms with E-state index in [0.717, 1.165) is 11.1 Å². The number of nitrogens with one attached hydrogen (secondary N) is 1. The van der Waals surface area contributed by atoms with Crippen LogP contribution in [0.2, 0.25) is 0 Å². The number of rotatable bonds is 6. The van der Waals surface area contributed by atoms with Gasteiger partial charge < -0.3 is 14.8 Å². The van der Waals surface area contributed by atoms with Crippen molar-refractivity contribution in [3.05, 3.63) is 46.7 Å². The summed E-state index contributed by atoms with van der Waals surface area (Å²) < 4.78 is 10.6. The van der Waals surface area contributed by atoms with Crippen LogP contribution in [-0.4, -0.2) is 42.3 Å². The number of carbonyl (C=O) groups is 3. The molecule has 1 aliphatic rings. The standard InChI is InChI=1S/C26H36N2O5/c1-14(2)22(25(31)33-26(6,7)8)28-23(29)19-16(4)27-17(5)20(24(30)32-9)21(19)18-13-11-10-12-15(18)3/h10-14,20-22H,1-9H3,(H,28,29). The summed E-state index contributed by atoms with van der Waals surface area (Å²) in [6.07, 6.45) is 0. The van der Waals surface area contributed by atoms with Crippen LogP contribution in [0.15, 0.2) is 40.5 Å². The number of benzene rings is 1. The van der Waals surface area contributed by atoms with Crippen LogP contribution in [0.3, 0.4) is 0 Å². The minimum absolute atomic E-state index is 0.202. The molecule has 0 saturated heterocycles. The molecule has 1 amide bonds. The third-order valence-electron chi connectivity index (χ3n) is 5.67. The van der Waals surface area contributed by atoms with Crippen LogP contribution < -0.4 is 5.32 Å². The second kappa shape index (κ2) is 10.3. The fourth-order valence-corrected chi connectivity index (χ4v) is 4.12. The lowest BCUT2D eigenvalue weighted by Gasteiger charge is -2.33. The normalized spacial score (nSPS) is 19.6. The van der Waals surface area contributed by atoms with E-state index in [1.54, 1.807) is 34.6 Å². The molecule has 0 bridgehead atoms. The molecule has 0 saturated carbocycles. The van der Waals surface area contributed by atoms with Crippen LogP contribution in [-0.2, 0) is 23.9 Å². The Bertz CT molecular complexity index is 985. The largest absolute Gasteiger partial charge is 0.468 e. The number of aliphatic imine (C=N–C) groups is 1. The predicted octanol–water partition coefficient (Wildman–Crippen LogP) is 4.10. The van der Waals surface area contributed by atoms with Crippen molar-refractivity contribution in [3.8, 4) is 0 Å². The molecular formula is C26H36N2O5. The lowest BCUT2D eigenvalue weighted by molar-refractivity contribution is -0.159. The first-order valence-corrected chi connectivity index (χ1v) is 11.2. The molecule has 3 unspecified atom stereocenters. The zero-order valence-electron chi connectivity index (χ0n) is 21.1. The van der Waals surface area contributed by atoms with E-state index in [2.05, 4.69) is 10.3 Å². The summed E-state index contributed by atoms with van der Waals surface area (Å²) >= 11 is 0. The van der Waals surface area contributed by atoms with Crippen LogP contribution in [0.5, 0.6) is 0 Å². The Balaban J connectivity index is 2.56. The van der Waals surface area contributed by atoms with Gasteiger partial charge in [-0.25, -0.2) is 4.79 Å². The monoisotopic (exact) mass is 456 g/mol. The number of esters is 2. The fraction of sp³-hybridized carbons (Fsp3) is 0.538. The number of hydrogen-bond acceptors (Lipinski definition) is 6. The molecule has 33 heavy (non-hydrogen) atoms. The summed E-state index contributed by atoms with van der Waals surface area (Å²) in [5, 5.41) is 2.86. The Labute approximate surface area is 196 Å². The average Bonchev–Trinajstić information content (AvgIpc) is 2.69. The molecule has 1 N–H and O–H groups in total. The van der Waals surface area contributed by atoms with Crippen molar-refractivity contribution in [1.29, 1.82) is 0 Å². The molecule has 1 heterocycles. The van der Waals surface area contributed by atoms with E-state index in [1.807, 2.05) is 45.0 Å². The van der Waals surface area contributed by atoms with Gasteiger partial charge in [-0.15, -0.1) is 0 Å². The maximum Gasteiger partial charge on any atom is 0.329 e. The van der Waals surface area contributed by atoms with Crippen LogP contribution in [0, 0.1) is 18.8 Å². The van der Waals surface area contributed by atoms with Crippen molar-refractivity contribution >= 4 is 23.6 Å². The summed E-state index contributed by atoms with van der Waals surface area (Å²) in [4.78, 5) is 43.8. The summed E-state index contributed by atoms with van der Waals surface area (Å²) in [6, 6.07) is 6.78. The van der Waals surface area contributed by atoms with Crippen molar-refractivity contribution in [1.82, 2.24) is 5.32 Å². The molecule has 0 aromatic heterocycles. The van der Waals surface area contributed by atoms with Crippen molar-refractivity contribution in [2.24, 2.45) is 16.8 Å². The molecule has 3 atom stereocenters. The first kappa shape index (κ1) is 26.3. The second-order valence-corrected chi connectivity index (χ2v) is 9.82. The van der Waals surface area contributed by atoms with Crippen molar-refractivity contribution in [2.75, 3.05) is 7.11 Å². The summed E-state index contributed by atoms with van der Waals surface area (Å²) in [5.74, 6) is -2.96. The van der Waals surface area contributed by atoms with Gasteiger partial charge in [0.2, 0.25) is 5.91 Å². The SMILES string of the molecule is COC(=O)C1C(C)=NC(C)=C(C(=O)NC(C(=O)OC(C)(C)C)C(C)C)C1c1ccccc1C. The van der Waals surface area contributed by atoms with Gasteiger partial charge >= 0.3 is 11.9 Å². The van der Waals surface area contributed by atoms with Crippen molar-refractivity contribution in [3.63, 3.8) is 0 Å². The molecule has 1 aliphatic heterocycles. The van der Waals surface area contributed by atoms with Crippen LogP contribution in [0.4, 0.5) is 0 Å². The molecule has 2 rings (SSSR count). The number of nitrogens with zero attached hydrogens (tertiary/aromatic N) is 1. The van der Waals surface area contributed by atoms with Crippen molar-refractivity contribution < 1.29 is 23.9 Å². The molecule has 7 heteroatoms. The van der Waals surface area contributed by atoms with Crippen molar-refractivity contribution in [2.45, 2.75) is 73.0 Å². The minimum atomic E-state index is -0.849. The highest BCUT2D eigenvalue weighted by Crippen LogP contribution is 2.40. The third kappa shape index (κ3) is 6.09. The maximum absolute atomic E-state index is 13.7. The van der Waals surface area contributed by atoms with Gasteiger partial charge in [-0.2, -0.15) is 0 Å². The number of amides is 1. The zero-order chi connectivity index (χ0) is 25.1. The Morgan fingerprint density at radius 1 is 1.06 bits per heavy atom. The summed E-state index contributed by atoms with van der Waals surface area (Å²) in [6.45, 7) is 14.5. The van der Waals surface area contributed by atoms with Gasteiger partial charge in [-0.1, -0.05) is 38.1 Å². The molecule has 0 fully saturated rings. The van der Waals surface area contributed by atoms with E-state index in [9.17, 15) is 14.4 Å². The van der Waals surface area contributed by atoms with E-state index in [1.165, 1.54) is 7.11 Å². The van der Waals surface area contributed by atoms with E-state index < -0.39 is 41.3 Å². The fourth-order valence-electron chi connectivity index (χ4n) is 4.12. The van der Waals surface area contributed by atoms with Crippen LogP contribution in [0.25, 0.3) is 0 Å². The van der Waals surface area contributed by atoms with E-state index in [0.29, 0.717) is 17.0 Å².